The second-order valence-corrected chi connectivity index (χ2v) is 10.4. The second-order valence-electron chi connectivity index (χ2n) is 8.82. The summed E-state index contributed by atoms with van der Waals surface area (Å²) >= 11 is 0. The number of carbonyl (C=O) groups is 1. The van der Waals surface area contributed by atoms with E-state index >= 15 is 0 Å². The normalized spacial score (nSPS) is 11.6. The summed E-state index contributed by atoms with van der Waals surface area (Å²) in [4.78, 5) is 12.1. The Balaban J connectivity index is 2.01. The van der Waals surface area contributed by atoms with E-state index in [9.17, 15) is 13.2 Å². The number of benzene rings is 1. The fraction of sp³-hybridized carbons (Fsp3) is 0.731. The maximum atomic E-state index is 12.1. The highest BCUT2D eigenvalue weighted by atomic mass is 32.2. The topological polar surface area (TPSA) is 80.7 Å². The second kappa shape index (κ2) is 18.1. The fourth-order valence-electron chi connectivity index (χ4n) is 3.86. The van der Waals surface area contributed by atoms with Gasteiger partial charge in [-0.05, 0) is 24.5 Å². The molecule has 0 bridgehead atoms. The summed E-state index contributed by atoms with van der Waals surface area (Å²) in [5, 5.41) is 0. The van der Waals surface area contributed by atoms with Crippen LogP contribution >= 0.6 is 0 Å². The molecule has 5 nitrogen and oxygen atoms in total. The van der Waals surface area contributed by atoms with Gasteiger partial charge in [0.15, 0.2) is 0 Å². The molecule has 1 aromatic carbocycles. The summed E-state index contributed by atoms with van der Waals surface area (Å²) in [7, 11) is -4.05. The van der Waals surface area contributed by atoms with Gasteiger partial charge in [-0.25, -0.2) is 0 Å². The number of hydrogen-bond acceptors (Lipinski definition) is 4. The Bertz CT molecular complexity index is 715. The van der Waals surface area contributed by atoms with Crippen molar-refractivity contribution in [1.29, 1.82) is 0 Å². The summed E-state index contributed by atoms with van der Waals surface area (Å²) < 4.78 is 36.2. The molecule has 0 saturated heterocycles. The van der Waals surface area contributed by atoms with Gasteiger partial charge in [-0.15, -0.1) is 0 Å². The largest absolute Gasteiger partial charge is 0.426 e. The molecule has 0 aliphatic carbocycles. The molecule has 0 unspecified atom stereocenters. The number of esters is 1. The third-order valence-corrected chi connectivity index (χ3v) is 6.53. The Morgan fingerprint density at radius 2 is 1.25 bits per heavy atom. The van der Waals surface area contributed by atoms with Gasteiger partial charge in [-0.2, -0.15) is 8.42 Å². The Labute approximate surface area is 196 Å². The number of hydrogen-bond donors (Lipinski definition) is 1. The highest BCUT2D eigenvalue weighted by Gasteiger charge is 2.12. The first-order valence-corrected chi connectivity index (χ1v) is 14.3. The Morgan fingerprint density at radius 3 is 1.75 bits per heavy atom. The van der Waals surface area contributed by atoms with E-state index in [1.807, 2.05) is 0 Å². The average Bonchev–Trinajstić information content (AvgIpc) is 2.75. The fourth-order valence-corrected chi connectivity index (χ4v) is 4.34. The van der Waals surface area contributed by atoms with Crippen LogP contribution in [-0.4, -0.2) is 24.7 Å². The predicted octanol–water partition coefficient (Wildman–Crippen LogP) is 7.28. The molecule has 0 aliphatic heterocycles. The van der Waals surface area contributed by atoms with Gasteiger partial charge in [-0.1, -0.05) is 115 Å². The number of aryl methyl sites for hydroxylation is 1. The molecule has 0 fully saturated rings. The van der Waals surface area contributed by atoms with Crippen LogP contribution in [0.3, 0.4) is 0 Å². The van der Waals surface area contributed by atoms with Gasteiger partial charge in [0.1, 0.15) is 5.75 Å². The minimum Gasteiger partial charge on any atom is -0.426 e. The van der Waals surface area contributed by atoms with E-state index in [0.29, 0.717) is 17.7 Å². The van der Waals surface area contributed by atoms with E-state index in [4.69, 9.17) is 9.29 Å². The highest BCUT2D eigenvalue weighted by molar-refractivity contribution is 7.85. The van der Waals surface area contributed by atoms with Crippen molar-refractivity contribution in [3.63, 3.8) is 0 Å². The smallest absolute Gasteiger partial charge is 0.311 e. The molecule has 0 atom stereocenters. The summed E-state index contributed by atoms with van der Waals surface area (Å²) in [5.41, 5.74) is 0.606. The molecule has 0 aromatic heterocycles. The maximum absolute atomic E-state index is 12.1. The zero-order valence-electron chi connectivity index (χ0n) is 20.0. The van der Waals surface area contributed by atoms with E-state index in [-0.39, 0.29) is 18.1 Å². The number of unbranched alkanes of at least 4 members (excludes halogenated alkanes) is 14. The lowest BCUT2D eigenvalue weighted by Crippen LogP contribution is -2.11. The van der Waals surface area contributed by atoms with E-state index in [1.165, 1.54) is 77.0 Å². The molecule has 0 amide bonds. The minimum atomic E-state index is -4.05. The quantitative estimate of drug-likeness (QED) is 0.0940. The lowest BCUT2D eigenvalue weighted by atomic mass is 10.0. The third kappa shape index (κ3) is 16.3. The van der Waals surface area contributed by atoms with Crippen molar-refractivity contribution in [3.05, 3.63) is 29.8 Å². The molecule has 32 heavy (non-hydrogen) atoms. The summed E-state index contributed by atoms with van der Waals surface area (Å²) in [6.07, 6.45) is 19.7. The standard InChI is InChI=1S/C26H44O5S/c1-2-3-4-5-6-7-8-9-10-11-12-13-14-15-16-21-26(27)31-25-20-18-17-19-24(25)22-23-32(28,29)30/h17-20H,2-16,21-23H2,1H3,(H,28,29,30). The zero-order chi connectivity index (χ0) is 23.5. The predicted molar refractivity (Wildman–Crippen MR) is 132 cm³/mol. The van der Waals surface area contributed by atoms with E-state index < -0.39 is 10.1 Å². The molecule has 0 saturated carbocycles. The Kier molecular flexibility index (Phi) is 16.2. The highest BCUT2D eigenvalue weighted by Crippen LogP contribution is 2.20. The number of para-hydroxylation sites is 1. The van der Waals surface area contributed by atoms with Crippen LogP contribution < -0.4 is 4.74 Å². The lowest BCUT2D eigenvalue weighted by molar-refractivity contribution is -0.134. The van der Waals surface area contributed by atoms with Gasteiger partial charge >= 0.3 is 5.97 Å². The van der Waals surface area contributed by atoms with Crippen LogP contribution in [0, 0.1) is 0 Å². The maximum Gasteiger partial charge on any atom is 0.311 e. The molecule has 1 N–H and O–H groups in total. The molecule has 0 heterocycles. The monoisotopic (exact) mass is 468 g/mol. The lowest BCUT2D eigenvalue weighted by Gasteiger charge is -2.09. The van der Waals surface area contributed by atoms with Crippen molar-refractivity contribution in [2.45, 2.75) is 116 Å². The summed E-state index contributed by atoms with van der Waals surface area (Å²) in [6.45, 7) is 2.26. The van der Waals surface area contributed by atoms with E-state index in [1.54, 1.807) is 24.3 Å². The van der Waals surface area contributed by atoms with Crippen LogP contribution in [0.4, 0.5) is 0 Å². The number of ether oxygens (including phenoxy) is 1. The number of carbonyl (C=O) groups excluding carboxylic acids is 1. The van der Waals surface area contributed by atoms with Crippen LogP contribution in [0.25, 0.3) is 0 Å². The van der Waals surface area contributed by atoms with Gasteiger partial charge in [0.25, 0.3) is 10.1 Å². The van der Waals surface area contributed by atoms with E-state index in [2.05, 4.69) is 6.92 Å². The number of rotatable bonds is 20. The molecule has 1 aromatic rings. The van der Waals surface area contributed by atoms with Gasteiger partial charge in [0.05, 0.1) is 5.75 Å². The molecule has 6 heteroatoms. The van der Waals surface area contributed by atoms with Gasteiger partial charge in [-0.3, -0.25) is 9.35 Å². The minimum absolute atomic E-state index is 0.112. The van der Waals surface area contributed by atoms with E-state index in [0.717, 1.165) is 19.3 Å². The first-order valence-electron chi connectivity index (χ1n) is 12.7. The summed E-state index contributed by atoms with van der Waals surface area (Å²) in [6, 6.07) is 6.86. The molecule has 184 valence electrons. The molecule has 0 radical (unpaired) electrons. The van der Waals surface area contributed by atoms with Crippen LogP contribution in [-0.2, 0) is 21.3 Å². The third-order valence-electron chi connectivity index (χ3n) is 5.81. The first-order chi connectivity index (χ1) is 15.4. The van der Waals surface area contributed by atoms with Crippen molar-refractivity contribution >= 4 is 16.1 Å². The molecule has 0 spiro atoms. The van der Waals surface area contributed by atoms with Crippen LogP contribution in [0.2, 0.25) is 0 Å². The summed E-state index contributed by atoms with van der Waals surface area (Å²) in [5.74, 6) is -0.304. The van der Waals surface area contributed by atoms with Crippen LogP contribution in [0.15, 0.2) is 24.3 Å². The zero-order valence-corrected chi connectivity index (χ0v) is 20.8. The SMILES string of the molecule is CCCCCCCCCCCCCCCCCC(=O)Oc1ccccc1CCS(=O)(=O)O. The average molecular weight is 469 g/mol. The van der Waals surface area contributed by atoms with Gasteiger partial charge in [0, 0.05) is 6.42 Å². The van der Waals surface area contributed by atoms with Gasteiger partial charge < -0.3 is 4.74 Å². The molecular formula is C26H44O5S. The van der Waals surface area contributed by atoms with Crippen molar-refractivity contribution in [1.82, 2.24) is 0 Å². The van der Waals surface area contributed by atoms with Gasteiger partial charge in [0.2, 0.25) is 0 Å². The molecule has 1 rings (SSSR count). The molecular weight excluding hydrogens is 424 g/mol. The van der Waals surface area contributed by atoms with Crippen molar-refractivity contribution in [2.75, 3.05) is 5.75 Å². The van der Waals surface area contributed by atoms with Crippen molar-refractivity contribution < 1.29 is 22.5 Å². The van der Waals surface area contributed by atoms with Crippen LogP contribution in [0.1, 0.15) is 115 Å². The van der Waals surface area contributed by atoms with Crippen LogP contribution in [0.5, 0.6) is 5.75 Å². The van der Waals surface area contributed by atoms with Crippen molar-refractivity contribution in [3.8, 4) is 5.75 Å². The Morgan fingerprint density at radius 1 is 0.781 bits per heavy atom. The first kappa shape index (κ1) is 28.6. The Hall–Kier alpha value is -1.40. The molecule has 0 aliphatic rings. The van der Waals surface area contributed by atoms with Crippen molar-refractivity contribution in [2.24, 2.45) is 0 Å².